The van der Waals surface area contributed by atoms with Crippen molar-refractivity contribution in [3.05, 3.63) is 24.3 Å². The summed E-state index contributed by atoms with van der Waals surface area (Å²) in [6.07, 6.45) is 9.85. The van der Waals surface area contributed by atoms with Crippen molar-refractivity contribution in [3.63, 3.8) is 0 Å². The van der Waals surface area contributed by atoms with Crippen LogP contribution in [-0.4, -0.2) is 48.5 Å². The second-order valence-corrected chi connectivity index (χ2v) is 9.97. The van der Waals surface area contributed by atoms with E-state index < -0.39 is 10.0 Å². The first-order chi connectivity index (χ1) is 8.88. The van der Waals surface area contributed by atoms with E-state index in [0.717, 1.165) is 5.75 Å². The Morgan fingerprint density at radius 3 is 2.84 bits per heavy atom. The molecule has 0 fully saturated rings. The number of nitrogens with zero attached hydrogens (tertiary/aromatic N) is 2. The van der Waals surface area contributed by atoms with Crippen molar-refractivity contribution in [2.24, 2.45) is 0 Å². The Labute approximate surface area is 115 Å². The molecule has 0 saturated heterocycles. The van der Waals surface area contributed by atoms with Gasteiger partial charge < -0.3 is 9.30 Å². The average Bonchev–Trinajstić information content (AvgIpc) is 2.62. The molecule has 0 aliphatic heterocycles. The fourth-order valence-electron chi connectivity index (χ4n) is 1.78. The third-order valence-corrected chi connectivity index (χ3v) is 4.20. The molecule has 2 radical (unpaired) electrons. The fourth-order valence-corrected chi connectivity index (χ4v) is 2.39. The summed E-state index contributed by atoms with van der Waals surface area (Å²) in [7, 11) is 5.24. The van der Waals surface area contributed by atoms with Crippen LogP contribution in [0.3, 0.4) is 0 Å². The molecule has 19 heavy (non-hydrogen) atoms. The van der Waals surface area contributed by atoms with Crippen molar-refractivity contribution in [1.29, 1.82) is 0 Å². The van der Waals surface area contributed by atoms with Crippen LogP contribution in [0.1, 0.15) is 0 Å². The molecule has 0 aromatic carbocycles. The fraction of sp³-hybridized carbons (Fsp3) is 0.462. The Balaban J connectivity index is 2.08. The smallest absolute Gasteiger partial charge is 0.144 e. The normalized spacial score (nSPS) is 13.1. The summed E-state index contributed by atoms with van der Waals surface area (Å²) in [6.45, 7) is 1.04. The van der Waals surface area contributed by atoms with Crippen LogP contribution in [0.5, 0.6) is 0 Å². The van der Waals surface area contributed by atoms with E-state index in [1.807, 2.05) is 0 Å². The van der Waals surface area contributed by atoms with Crippen LogP contribution in [0, 0.1) is 5.82 Å². The molecular formula is C13H18BFN2OS. The first-order valence-corrected chi connectivity index (χ1v) is 9.04. The minimum absolute atomic E-state index is 0.347. The molecule has 6 heteroatoms. The molecule has 0 bridgehead atoms. The van der Waals surface area contributed by atoms with Gasteiger partial charge >= 0.3 is 0 Å². The van der Waals surface area contributed by atoms with Crippen LogP contribution in [0.25, 0.3) is 11.0 Å². The number of hydrogen-bond donors (Lipinski definition) is 0. The predicted octanol–water partition coefficient (Wildman–Crippen LogP) is 1.64. The van der Waals surface area contributed by atoms with Gasteiger partial charge in [0.15, 0.2) is 0 Å². The van der Waals surface area contributed by atoms with Crippen molar-refractivity contribution >= 4 is 34.4 Å². The maximum atomic E-state index is 13.6. The molecule has 0 aliphatic rings. The lowest BCUT2D eigenvalue weighted by molar-refractivity contribution is 0.0924. The lowest BCUT2D eigenvalue weighted by Crippen LogP contribution is -2.10. The Morgan fingerprint density at radius 1 is 1.42 bits per heavy atom. The van der Waals surface area contributed by atoms with Gasteiger partial charge in [0.05, 0.1) is 6.61 Å². The van der Waals surface area contributed by atoms with E-state index in [1.165, 1.54) is 12.3 Å². The van der Waals surface area contributed by atoms with Crippen LogP contribution >= 0.6 is 10.0 Å². The van der Waals surface area contributed by atoms with E-state index in [9.17, 15) is 4.39 Å². The number of fused-ring (bicyclic) bond motifs is 1. The molecule has 0 saturated carbocycles. The molecule has 0 aliphatic carbocycles. The maximum Gasteiger partial charge on any atom is 0.144 e. The largest absolute Gasteiger partial charge is 0.360 e. The second-order valence-electron chi connectivity index (χ2n) is 5.38. The van der Waals surface area contributed by atoms with Crippen LogP contribution in [-0.2, 0) is 11.5 Å². The van der Waals surface area contributed by atoms with Gasteiger partial charge in [0.25, 0.3) is 0 Å². The van der Waals surface area contributed by atoms with Gasteiger partial charge in [-0.3, -0.25) is 0 Å². The third kappa shape index (κ3) is 3.51. The minimum atomic E-state index is -0.557. The summed E-state index contributed by atoms with van der Waals surface area (Å²) < 4.78 is 21.0. The summed E-state index contributed by atoms with van der Waals surface area (Å²) in [5.41, 5.74) is 0.922. The number of pyridine rings is 1. The lowest BCUT2D eigenvalue weighted by atomic mass is 9.97. The Kier molecular flexibility index (Phi) is 4.21. The van der Waals surface area contributed by atoms with Gasteiger partial charge in [-0.2, -0.15) is 0 Å². The monoisotopic (exact) mass is 280 g/mol. The van der Waals surface area contributed by atoms with Crippen LogP contribution in [0.15, 0.2) is 18.5 Å². The van der Waals surface area contributed by atoms with E-state index >= 15 is 0 Å². The van der Waals surface area contributed by atoms with Gasteiger partial charge in [-0.05, 0) is 24.8 Å². The van der Waals surface area contributed by atoms with Gasteiger partial charge in [0.2, 0.25) is 0 Å². The second kappa shape index (κ2) is 5.55. The quantitative estimate of drug-likeness (QED) is 0.615. The van der Waals surface area contributed by atoms with Gasteiger partial charge in [-0.15, -0.1) is 0 Å². The lowest BCUT2D eigenvalue weighted by Gasteiger charge is -2.24. The predicted molar refractivity (Wildman–Crippen MR) is 81.3 cm³/mol. The Hall–Kier alpha value is -1.01. The Bertz CT molecular complexity index is 580. The first-order valence-electron chi connectivity index (χ1n) is 6.01. The van der Waals surface area contributed by atoms with E-state index in [2.05, 4.69) is 23.8 Å². The molecule has 0 atom stereocenters. The molecule has 2 rings (SSSR count). The average molecular weight is 280 g/mol. The summed E-state index contributed by atoms with van der Waals surface area (Å²) in [6, 6.07) is 1.31. The summed E-state index contributed by atoms with van der Waals surface area (Å²) in [4.78, 5) is 4.16. The van der Waals surface area contributed by atoms with Crippen molar-refractivity contribution in [1.82, 2.24) is 9.55 Å². The molecule has 2 heterocycles. The maximum absolute atomic E-state index is 13.6. The summed E-state index contributed by atoms with van der Waals surface area (Å²) >= 11 is 0. The van der Waals surface area contributed by atoms with E-state index in [4.69, 9.17) is 12.6 Å². The standard InChI is InChI=1S/C13H18BFN2OS/c1-19(2,3)7-6-18-9-17-8-10(14)12-11(15)4-5-16-13(12)17/h4-5,8H,6-7,9H2,1-3H3. The zero-order valence-corrected chi connectivity index (χ0v) is 12.3. The highest BCUT2D eigenvalue weighted by Crippen LogP contribution is 2.33. The van der Waals surface area contributed by atoms with Gasteiger partial charge in [0.1, 0.15) is 26.0 Å². The molecule has 0 spiro atoms. The molecular weight excluding hydrogens is 262 g/mol. The van der Waals surface area contributed by atoms with Crippen LogP contribution < -0.4 is 5.46 Å². The first kappa shape index (κ1) is 14.4. The molecule has 0 N–H and O–H groups in total. The highest BCUT2D eigenvalue weighted by Gasteiger charge is 2.10. The number of hydrogen-bond acceptors (Lipinski definition) is 2. The highest BCUT2D eigenvalue weighted by atomic mass is 32.3. The number of aromatic nitrogens is 2. The van der Waals surface area contributed by atoms with Crippen molar-refractivity contribution < 1.29 is 9.13 Å². The number of ether oxygens (including phenoxy) is 1. The Morgan fingerprint density at radius 2 is 2.16 bits per heavy atom. The van der Waals surface area contributed by atoms with E-state index in [1.54, 1.807) is 10.8 Å². The van der Waals surface area contributed by atoms with Crippen molar-refractivity contribution in [2.75, 3.05) is 31.1 Å². The molecule has 3 nitrogen and oxygen atoms in total. The zero-order valence-electron chi connectivity index (χ0n) is 11.5. The zero-order chi connectivity index (χ0) is 14.0. The van der Waals surface area contributed by atoms with E-state index in [-0.39, 0.29) is 5.82 Å². The number of rotatable bonds is 5. The molecule has 2 aromatic heterocycles. The topological polar surface area (TPSA) is 27.1 Å². The SMILES string of the molecule is [B]c1cn(COCCS(C)(C)C)c2nccc(F)c12. The van der Waals surface area contributed by atoms with Gasteiger partial charge in [-0.25, -0.2) is 19.4 Å². The van der Waals surface area contributed by atoms with Crippen LogP contribution in [0.2, 0.25) is 0 Å². The highest BCUT2D eigenvalue weighted by molar-refractivity contribution is 8.32. The molecule has 0 amide bonds. The summed E-state index contributed by atoms with van der Waals surface area (Å²) in [5.74, 6) is 0.698. The minimum Gasteiger partial charge on any atom is -0.360 e. The molecule has 0 unspecified atom stereocenters. The molecule has 2 aromatic rings. The van der Waals surface area contributed by atoms with Crippen LogP contribution in [0.4, 0.5) is 4.39 Å². The van der Waals surface area contributed by atoms with E-state index in [0.29, 0.717) is 29.8 Å². The molecule has 102 valence electrons. The summed E-state index contributed by atoms with van der Waals surface area (Å²) in [5, 5.41) is 0.368. The van der Waals surface area contributed by atoms with Gasteiger partial charge in [-0.1, -0.05) is 5.46 Å². The van der Waals surface area contributed by atoms with Crippen molar-refractivity contribution in [2.45, 2.75) is 6.73 Å². The van der Waals surface area contributed by atoms with Crippen molar-refractivity contribution in [3.8, 4) is 0 Å². The third-order valence-electron chi connectivity index (χ3n) is 2.81. The van der Waals surface area contributed by atoms with Gasteiger partial charge in [0, 0.05) is 23.5 Å². The number of halogens is 1.